The van der Waals surface area contributed by atoms with Crippen LogP contribution in [0.1, 0.15) is 5.56 Å². The van der Waals surface area contributed by atoms with Crippen molar-refractivity contribution in [1.29, 1.82) is 0 Å². The van der Waals surface area contributed by atoms with Crippen molar-refractivity contribution in [3.8, 4) is 0 Å². The first-order valence-corrected chi connectivity index (χ1v) is 12.4. The second-order valence-electron chi connectivity index (χ2n) is 6.59. The van der Waals surface area contributed by atoms with E-state index in [-0.39, 0.29) is 38.8 Å². The van der Waals surface area contributed by atoms with Crippen molar-refractivity contribution in [3.63, 3.8) is 0 Å². The third-order valence-corrected chi connectivity index (χ3v) is 5.21. The number of halogens is 2. The molecule has 0 bridgehead atoms. The van der Waals surface area contributed by atoms with Gasteiger partial charge in [-0.15, -0.1) is 0 Å². The van der Waals surface area contributed by atoms with Gasteiger partial charge in [0.05, 0.1) is 66.1 Å². The number of benzene rings is 2. The summed E-state index contributed by atoms with van der Waals surface area (Å²) in [5.41, 5.74) is 2.02. The first-order valence-electron chi connectivity index (χ1n) is 9.74. The van der Waals surface area contributed by atoms with Crippen molar-refractivity contribution in [2.45, 2.75) is 6.42 Å². The molecule has 0 unspecified atom stereocenters. The average molecular weight is 508 g/mol. The predicted octanol–water partition coefficient (Wildman–Crippen LogP) is 5.17. The lowest BCUT2D eigenvalue weighted by Crippen LogP contribution is -2.15. The van der Waals surface area contributed by atoms with Gasteiger partial charge in [-0.25, -0.2) is 0 Å². The van der Waals surface area contributed by atoms with Gasteiger partial charge in [-0.1, -0.05) is 47.5 Å². The molecule has 0 aliphatic carbocycles. The molecule has 2 aromatic carbocycles. The lowest BCUT2D eigenvalue weighted by atomic mass is 10.1. The average Bonchev–Trinajstić information content (AvgIpc) is 2.72. The summed E-state index contributed by atoms with van der Waals surface area (Å²) < 4.78 is 38.6. The molecule has 0 spiro atoms. The monoisotopic (exact) mass is 507 g/mol. The number of para-hydroxylation sites is 2. The number of carbonyl (C=O) groups excluding carboxylic acids is 1. The van der Waals surface area contributed by atoms with Crippen LogP contribution in [0.2, 0.25) is 10.0 Å². The van der Waals surface area contributed by atoms with Crippen LogP contribution in [0, 0.1) is 0 Å². The van der Waals surface area contributed by atoms with E-state index < -0.39 is 10.9 Å². The van der Waals surface area contributed by atoms with Crippen LogP contribution < -0.4 is 5.32 Å². The lowest BCUT2D eigenvalue weighted by molar-refractivity contribution is -0.144. The minimum absolute atomic E-state index is 0.0744. The molecule has 32 heavy (non-hydrogen) atoms. The highest BCUT2D eigenvalue weighted by Crippen LogP contribution is 2.34. The summed E-state index contributed by atoms with van der Waals surface area (Å²) in [6.07, 6.45) is 1.27. The van der Waals surface area contributed by atoms with Crippen LogP contribution in [0.5, 0.6) is 0 Å². The fourth-order valence-corrected chi connectivity index (χ4v) is 3.42. The van der Waals surface area contributed by atoms with Crippen LogP contribution in [-0.2, 0) is 29.6 Å². The Morgan fingerprint density at radius 3 is 2.16 bits per heavy atom. The van der Waals surface area contributed by atoms with Gasteiger partial charge < -0.3 is 28.6 Å². The minimum atomic E-state index is -2.96. The van der Waals surface area contributed by atoms with Crippen molar-refractivity contribution in [3.05, 3.63) is 58.1 Å². The maximum Gasteiger partial charge on any atom is 0.310 e. The Balaban J connectivity index is 1.67. The number of carbonyl (C=O) groups is 1. The zero-order chi connectivity index (χ0) is 23.4. The molecule has 0 fully saturated rings. The van der Waals surface area contributed by atoms with E-state index in [9.17, 15) is 4.79 Å². The predicted molar refractivity (Wildman–Crippen MR) is 127 cm³/mol. The van der Waals surface area contributed by atoms with Gasteiger partial charge in [-0.2, -0.15) is 0 Å². The zero-order valence-corrected chi connectivity index (χ0v) is 19.9. The van der Waals surface area contributed by atoms with Gasteiger partial charge >= 0.3 is 5.97 Å². The van der Waals surface area contributed by atoms with Crippen LogP contribution >= 0.6 is 34.1 Å². The maximum atomic E-state index is 12.2. The maximum absolute atomic E-state index is 12.2. The molecule has 3 N–H and O–H groups in total. The van der Waals surface area contributed by atoms with Gasteiger partial charge in [0.15, 0.2) is 0 Å². The molecule has 0 radical (unpaired) electrons. The topological polar surface area (TPSA) is 106 Å². The Bertz CT molecular complexity index is 844. The second-order valence-corrected chi connectivity index (χ2v) is 9.16. The van der Waals surface area contributed by atoms with Crippen molar-refractivity contribution < 1.29 is 32.3 Å². The molecular weight excluding hydrogens is 481 g/mol. The fraction of sp³-hybridized carbons (Fsp3) is 0.381. The van der Waals surface area contributed by atoms with Crippen molar-refractivity contribution in [2.75, 3.05) is 51.2 Å². The molecule has 178 valence electrons. The van der Waals surface area contributed by atoms with Gasteiger partial charge in [0.1, 0.15) is 6.61 Å². The number of esters is 1. The van der Waals surface area contributed by atoms with E-state index >= 15 is 0 Å². The van der Waals surface area contributed by atoms with Gasteiger partial charge in [0.25, 0.3) is 0 Å². The number of ether oxygens (including phenoxy) is 3. The van der Waals surface area contributed by atoms with E-state index in [2.05, 4.69) is 5.32 Å². The number of hydrogen-bond acceptors (Lipinski definition) is 8. The molecule has 2 aromatic rings. The molecule has 0 atom stereocenters. The van der Waals surface area contributed by atoms with E-state index in [4.69, 9.17) is 50.7 Å². The third kappa shape index (κ3) is 10.4. The second kappa shape index (κ2) is 13.9. The van der Waals surface area contributed by atoms with Crippen molar-refractivity contribution in [1.82, 2.24) is 0 Å². The van der Waals surface area contributed by atoms with Crippen LogP contribution in [0.4, 0.5) is 11.4 Å². The molecule has 0 aromatic heterocycles. The molecule has 2 rings (SSSR count). The van der Waals surface area contributed by atoms with Crippen LogP contribution in [0.25, 0.3) is 0 Å². The minimum Gasteiger partial charge on any atom is -0.463 e. The first-order chi connectivity index (χ1) is 15.3. The number of nitrogens with one attached hydrogen (secondary N) is 1. The number of anilines is 2. The lowest BCUT2D eigenvalue weighted by Gasteiger charge is -2.20. The molecule has 0 aliphatic heterocycles. The van der Waals surface area contributed by atoms with E-state index in [0.29, 0.717) is 34.6 Å². The Morgan fingerprint density at radius 2 is 1.50 bits per heavy atom. The third-order valence-electron chi connectivity index (χ3n) is 3.97. The summed E-state index contributed by atoms with van der Waals surface area (Å²) in [6, 6.07) is 12.5. The first kappa shape index (κ1) is 26.7. The van der Waals surface area contributed by atoms with Crippen molar-refractivity contribution in [2.24, 2.45) is 0 Å². The fourth-order valence-electron chi connectivity index (χ4n) is 2.54. The smallest absolute Gasteiger partial charge is 0.310 e. The SMILES string of the molecule is CS(O)(O)OCCOCCOCCOC(=O)Cc1ccccc1Nc1c(Cl)cccc1Cl. The van der Waals surface area contributed by atoms with Gasteiger partial charge in [0.2, 0.25) is 0 Å². The van der Waals surface area contributed by atoms with E-state index in [1.165, 1.54) is 6.26 Å². The summed E-state index contributed by atoms with van der Waals surface area (Å²) in [4.78, 5) is 12.2. The standard InChI is InChI=1S/C21H27Cl2NO7S/c1-32(26,27)31-14-12-29-10-9-28-11-13-30-20(25)15-16-5-2-3-8-19(16)24-21-17(22)6-4-7-18(21)23/h2-8,24,26-27H,9-15H2,1H3. The Labute approximate surface area is 199 Å². The molecule has 0 saturated carbocycles. The summed E-state index contributed by atoms with van der Waals surface area (Å²) >= 11 is 12.4. The number of rotatable bonds is 14. The summed E-state index contributed by atoms with van der Waals surface area (Å²) in [7, 11) is -2.96. The summed E-state index contributed by atoms with van der Waals surface area (Å²) in [5.74, 6) is -0.389. The van der Waals surface area contributed by atoms with Crippen LogP contribution in [0.3, 0.4) is 0 Å². The Kier molecular flexibility index (Phi) is 11.6. The largest absolute Gasteiger partial charge is 0.463 e. The van der Waals surface area contributed by atoms with Crippen LogP contribution in [-0.4, -0.2) is 61.0 Å². The van der Waals surface area contributed by atoms with E-state index in [1.807, 2.05) is 24.3 Å². The molecule has 11 heteroatoms. The molecule has 0 aliphatic rings. The van der Waals surface area contributed by atoms with E-state index in [0.717, 1.165) is 5.56 Å². The quantitative estimate of drug-likeness (QED) is 0.237. The normalized spacial score (nSPS) is 11.9. The van der Waals surface area contributed by atoms with Crippen LogP contribution in [0.15, 0.2) is 42.5 Å². The molecule has 0 amide bonds. The zero-order valence-electron chi connectivity index (χ0n) is 17.6. The van der Waals surface area contributed by atoms with Gasteiger partial charge in [-0.05, 0) is 23.8 Å². The summed E-state index contributed by atoms with van der Waals surface area (Å²) in [6.45, 7) is 1.26. The highest BCUT2D eigenvalue weighted by Gasteiger charge is 2.12. The number of hydrogen-bond donors (Lipinski definition) is 3. The van der Waals surface area contributed by atoms with Crippen molar-refractivity contribution >= 4 is 51.4 Å². The van der Waals surface area contributed by atoms with Gasteiger partial charge in [-0.3, -0.25) is 8.98 Å². The Morgan fingerprint density at radius 1 is 0.906 bits per heavy atom. The summed E-state index contributed by atoms with van der Waals surface area (Å²) in [5, 5.41) is 4.14. The molecule has 0 heterocycles. The van der Waals surface area contributed by atoms with E-state index in [1.54, 1.807) is 18.2 Å². The molecule has 0 saturated heterocycles. The van der Waals surface area contributed by atoms with Gasteiger partial charge in [0, 0.05) is 11.9 Å². The highest BCUT2D eigenvalue weighted by molar-refractivity contribution is 8.19. The molecule has 8 nitrogen and oxygen atoms in total. The Hall–Kier alpha value is -1.56. The highest BCUT2D eigenvalue weighted by atomic mass is 35.5. The molecular formula is C21H27Cl2NO7S.